The predicted molar refractivity (Wildman–Crippen MR) is 69.8 cm³/mol. The molecule has 0 fully saturated rings. The first-order valence-corrected chi connectivity index (χ1v) is 6.23. The topological polar surface area (TPSA) is 26.3 Å². The molecule has 0 N–H and O–H groups in total. The third kappa shape index (κ3) is 6.77. The molecule has 0 spiro atoms. The molecule has 2 heteroatoms. The fourth-order valence-electron chi connectivity index (χ4n) is 1.64. The fraction of sp³-hybridized carbons (Fsp3) is 0.533. The van der Waals surface area contributed by atoms with E-state index in [0.717, 1.165) is 19.3 Å². The Hall–Kier alpha value is -1.31. The fourth-order valence-corrected chi connectivity index (χ4v) is 1.64. The predicted octanol–water partition coefficient (Wildman–Crippen LogP) is 3.74. The Morgan fingerprint density at radius 2 is 1.76 bits per heavy atom. The van der Waals surface area contributed by atoms with E-state index in [4.69, 9.17) is 4.74 Å². The summed E-state index contributed by atoms with van der Waals surface area (Å²) in [6, 6.07) is 10.3. The summed E-state index contributed by atoms with van der Waals surface area (Å²) in [6.45, 7) is 5.69. The molecule has 0 aliphatic rings. The van der Waals surface area contributed by atoms with Crippen LogP contribution in [0.2, 0.25) is 0 Å². The van der Waals surface area contributed by atoms with Gasteiger partial charge in [0.2, 0.25) is 0 Å². The summed E-state index contributed by atoms with van der Waals surface area (Å²) in [5, 5.41) is 0. The average molecular weight is 234 g/mol. The van der Waals surface area contributed by atoms with Gasteiger partial charge in [0.05, 0.1) is 0 Å². The van der Waals surface area contributed by atoms with Crippen LogP contribution in [-0.2, 0) is 16.0 Å². The second-order valence-corrected chi connectivity index (χ2v) is 5.28. The molecule has 17 heavy (non-hydrogen) atoms. The number of ether oxygens (including phenoxy) is 1. The number of esters is 1. The Kier molecular flexibility index (Phi) is 5.20. The van der Waals surface area contributed by atoms with Crippen LogP contribution in [-0.4, -0.2) is 11.6 Å². The van der Waals surface area contributed by atoms with Gasteiger partial charge in [0.25, 0.3) is 0 Å². The van der Waals surface area contributed by atoms with Crippen LogP contribution in [0.3, 0.4) is 0 Å². The van der Waals surface area contributed by atoms with Crippen molar-refractivity contribution in [2.75, 3.05) is 0 Å². The van der Waals surface area contributed by atoms with E-state index in [2.05, 4.69) is 12.1 Å². The second kappa shape index (κ2) is 6.43. The molecule has 0 aromatic heterocycles. The summed E-state index contributed by atoms with van der Waals surface area (Å²) in [5.74, 6) is -0.0921. The van der Waals surface area contributed by atoms with Crippen LogP contribution in [0.15, 0.2) is 30.3 Å². The van der Waals surface area contributed by atoms with E-state index in [-0.39, 0.29) is 11.6 Å². The number of benzene rings is 1. The van der Waals surface area contributed by atoms with Crippen molar-refractivity contribution in [1.82, 2.24) is 0 Å². The Morgan fingerprint density at radius 3 is 2.35 bits per heavy atom. The van der Waals surface area contributed by atoms with Crippen molar-refractivity contribution in [3.63, 3.8) is 0 Å². The molecule has 0 atom stereocenters. The van der Waals surface area contributed by atoms with Gasteiger partial charge in [0.1, 0.15) is 5.60 Å². The summed E-state index contributed by atoms with van der Waals surface area (Å²) >= 11 is 0. The summed E-state index contributed by atoms with van der Waals surface area (Å²) in [4.78, 5) is 11.4. The maximum absolute atomic E-state index is 11.4. The average Bonchev–Trinajstić information content (AvgIpc) is 2.23. The summed E-state index contributed by atoms with van der Waals surface area (Å²) < 4.78 is 5.25. The van der Waals surface area contributed by atoms with Crippen molar-refractivity contribution >= 4 is 5.97 Å². The lowest BCUT2D eigenvalue weighted by Gasteiger charge is -2.19. The summed E-state index contributed by atoms with van der Waals surface area (Å²) in [7, 11) is 0. The molecular formula is C15H22O2. The van der Waals surface area contributed by atoms with Gasteiger partial charge in [-0.15, -0.1) is 0 Å². The Labute approximate surface area is 104 Å². The molecule has 94 valence electrons. The van der Waals surface area contributed by atoms with Crippen LogP contribution in [0.25, 0.3) is 0 Å². The van der Waals surface area contributed by atoms with E-state index < -0.39 is 0 Å². The van der Waals surface area contributed by atoms with Gasteiger partial charge in [-0.2, -0.15) is 0 Å². The van der Waals surface area contributed by atoms with E-state index in [1.165, 1.54) is 5.56 Å². The molecule has 1 rings (SSSR count). The molecule has 1 aromatic carbocycles. The molecule has 0 aliphatic carbocycles. The maximum Gasteiger partial charge on any atom is 0.306 e. The monoisotopic (exact) mass is 234 g/mol. The van der Waals surface area contributed by atoms with E-state index >= 15 is 0 Å². The SMILES string of the molecule is CC(C)(C)OC(=O)CCCCc1ccccc1. The molecule has 0 bridgehead atoms. The van der Waals surface area contributed by atoms with Crippen molar-refractivity contribution in [2.45, 2.75) is 52.1 Å². The third-order valence-corrected chi connectivity index (χ3v) is 2.36. The van der Waals surface area contributed by atoms with Crippen LogP contribution in [0.5, 0.6) is 0 Å². The number of carbonyl (C=O) groups excluding carboxylic acids is 1. The van der Waals surface area contributed by atoms with E-state index in [9.17, 15) is 4.79 Å². The van der Waals surface area contributed by atoms with Crippen LogP contribution in [0, 0.1) is 0 Å². The van der Waals surface area contributed by atoms with Crippen molar-refractivity contribution in [3.05, 3.63) is 35.9 Å². The highest BCUT2D eigenvalue weighted by molar-refractivity contribution is 5.69. The molecular weight excluding hydrogens is 212 g/mol. The number of rotatable bonds is 5. The van der Waals surface area contributed by atoms with Crippen LogP contribution >= 0.6 is 0 Å². The lowest BCUT2D eigenvalue weighted by Crippen LogP contribution is -2.23. The van der Waals surface area contributed by atoms with E-state index in [0.29, 0.717) is 6.42 Å². The van der Waals surface area contributed by atoms with Crippen molar-refractivity contribution in [2.24, 2.45) is 0 Å². The van der Waals surface area contributed by atoms with Crippen LogP contribution < -0.4 is 0 Å². The van der Waals surface area contributed by atoms with Gasteiger partial charge < -0.3 is 4.74 Å². The van der Waals surface area contributed by atoms with Crippen LogP contribution in [0.4, 0.5) is 0 Å². The van der Waals surface area contributed by atoms with E-state index in [1.807, 2.05) is 39.0 Å². The molecule has 2 nitrogen and oxygen atoms in total. The summed E-state index contributed by atoms with van der Waals surface area (Å²) in [6.07, 6.45) is 3.47. The zero-order chi connectivity index (χ0) is 12.7. The standard InChI is InChI=1S/C15H22O2/c1-15(2,3)17-14(16)12-8-7-11-13-9-5-4-6-10-13/h4-6,9-10H,7-8,11-12H2,1-3H3. The zero-order valence-corrected chi connectivity index (χ0v) is 11.0. The number of hydrogen-bond acceptors (Lipinski definition) is 2. The molecule has 0 heterocycles. The van der Waals surface area contributed by atoms with Gasteiger partial charge in [-0.25, -0.2) is 0 Å². The molecule has 0 amide bonds. The van der Waals surface area contributed by atoms with Crippen molar-refractivity contribution in [3.8, 4) is 0 Å². The first-order valence-electron chi connectivity index (χ1n) is 6.23. The Morgan fingerprint density at radius 1 is 1.12 bits per heavy atom. The van der Waals surface area contributed by atoms with Gasteiger partial charge >= 0.3 is 5.97 Å². The number of carbonyl (C=O) groups is 1. The minimum atomic E-state index is -0.365. The highest BCUT2D eigenvalue weighted by Crippen LogP contribution is 2.11. The van der Waals surface area contributed by atoms with Gasteiger partial charge in [-0.1, -0.05) is 30.3 Å². The third-order valence-electron chi connectivity index (χ3n) is 2.36. The molecule has 0 aliphatic heterocycles. The normalized spacial score (nSPS) is 11.2. The number of unbranched alkanes of at least 4 members (excludes halogenated alkanes) is 1. The highest BCUT2D eigenvalue weighted by atomic mass is 16.6. The highest BCUT2D eigenvalue weighted by Gasteiger charge is 2.15. The maximum atomic E-state index is 11.4. The smallest absolute Gasteiger partial charge is 0.306 e. The minimum Gasteiger partial charge on any atom is -0.460 e. The van der Waals surface area contributed by atoms with Crippen LogP contribution in [0.1, 0.15) is 45.6 Å². The van der Waals surface area contributed by atoms with Crippen molar-refractivity contribution < 1.29 is 9.53 Å². The second-order valence-electron chi connectivity index (χ2n) is 5.28. The van der Waals surface area contributed by atoms with Gasteiger partial charge in [0, 0.05) is 6.42 Å². The van der Waals surface area contributed by atoms with Crippen molar-refractivity contribution in [1.29, 1.82) is 0 Å². The Balaban J connectivity index is 2.14. The quantitative estimate of drug-likeness (QED) is 0.573. The zero-order valence-electron chi connectivity index (χ0n) is 11.0. The lowest BCUT2D eigenvalue weighted by molar-refractivity contribution is -0.154. The van der Waals surface area contributed by atoms with E-state index in [1.54, 1.807) is 0 Å². The van der Waals surface area contributed by atoms with Gasteiger partial charge in [0.15, 0.2) is 0 Å². The minimum absolute atomic E-state index is 0.0921. The number of hydrogen-bond donors (Lipinski definition) is 0. The molecule has 1 aromatic rings. The molecule has 0 unspecified atom stereocenters. The first-order chi connectivity index (χ1) is 7.97. The lowest BCUT2D eigenvalue weighted by atomic mass is 10.1. The molecule has 0 saturated heterocycles. The first kappa shape index (κ1) is 13.8. The molecule has 0 radical (unpaired) electrons. The summed E-state index contributed by atoms with van der Waals surface area (Å²) in [5.41, 5.74) is 0.966. The van der Waals surface area contributed by atoms with Gasteiger partial charge in [-0.3, -0.25) is 4.79 Å². The van der Waals surface area contributed by atoms with Gasteiger partial charge in [-0.05, 0) is 45.6 Å². The molecule has 0 saturated carbocycles. The Bertz CT molecular complexity index is 336. The largest absolute Gasteiger partial charge is 0.460 e. The number of aryl methyl sites for hydroxylation is 1.